The molecule has 1 aromatic heterocycles. The topological polar surface area (TPSA) is 64.0 Å². The molecule has 0 aliphatic carbocycles. The molecule has 0 aromatic carbocycles. The zero-order valence-corrected chi connectivity index (χ0v) is 13.8. The van der Waals surface area contributed by atoms with Crippen molar-refractivity contribution in [1.82, 2.24) is 15.1 Å². The van der Waals surface area contributed by atoms with Crippen molar-refractivity contribution in [3.05, 3.63) is 18.0 Å². The van der Waals surface area contributed by atoms with Gasteiger partial charge in [0.25, 0.3) is 0 Å². The van der Waals surface area contributed by atoms with Gasteiger partial charge in [0.15, 0.2) is 0 Å². The first kappa shape index (κ1) is 17.2. The van der Waals surface area contributed by atoms with Crippen molar-refractivity contribution in [3.63, 3.8) is 0 Å². The molecule has 0 bridgehead atoms. The van der Waals surface area contributed by atoms with Gasteiger partial charge in [-0.05, 0) is 32.4 Å². The van der Waals surface area contributed by atoms with Crippen molar-refractivity contribution in [3.8, 4) is 0 Å². The van der Waals surface area contributed by atoms with E-state index in [-0.39, 0.29) is 11.8 Å². The molecular formula is C14H27N3O2S. The van der Waals surface area contributed by atoms with Gasteiger partial charge in [-0.3, -0.25) is 4.68 Å². The van der Waals surface area contributed by atoms with Crippen LogP contribution in [0, 0.1) is 0 Å². The predicted molar refractivity (Wildman–Crippen MR) is 82.7 cm³/mol. The molecule has 0 saturated carbocycles. The highest BCUT2D eigenvalue weighted by molar-refractivity contribution is 7.90. The SMILES string of the molecule is CCCNC(Cc1ccn(C(C)CC)n1)CS(C)(=O)=O. The lowest BCUT2D eigenvalue weighted by Gasteiger charge is -2.16. The number of sulfone groups is 1. The monoisotopic (exact) mass is 301 g/mol. The van der Waals surface area contributed by atoms with Gasteiger partial charge in [0.2, 0.25) is 0 Å². The Morgan fingerprint density at radius 3 is 2.65 bits per heavy atom. The first-order chi connectivity index (χ1) is 9.35. The van der Waals surface area contributed by atoms with Crippen LogP contribution < -0.4 is 5.32 Å². The van der Waals surface area contributed by atoms with Gasteiger partial charge in [-0.1, -0.05) is 13.8 Å². The maximum atomic E-state index is 11.5. The lowest BCUT2D eigenvalue weighted by Crippen LogP contribution is -2.37. The van der Waals surface area contributed by atoms with Crippen LogP contribution in [0.1, 0.15) is 45.3 Å². The molecule has 1 N–H and O–H groups in total. The highest BCUT2D eigenvalue weighted by Crippen LogP contribution is 2.10. The van der Waals surface area contributed by atoms with Gasteiger partial charge in [0, 0.05) is 31.0 Å². The van der Waals surface area contributed by atoms with Crippen molar-refractivity contribution >= 4 is 9.84 Å². The summed E-state index contributed by atoms with van der Waals surface area (Å²) < 4.78 is 24.9. The lowest BCUT2D eigenvalue weighted by atomic mass is 10.2. The van der Waals surface area contributed by atoms with Crippen LogP contribution in [-0.2, 0) is 16.3 Å². The Balaban J connectivity index is 2.70. The van der Waals surface area contributed by atoms with Gasteiger partial charge < -0.3 is 5.32 Å². The number of aromatic nitrogens is 2. The minimum Gasteiger partial charge on any atom is -0.313 e. The molecular weight excluding hydrogens is 274 g/mol. The fourth-order valence-corrected chi connectivity index (χ4v) is 3.04. The van der Waals surface area contributed by atoms with Crippen molar-refractivity contribution in [2.75, 3.05) is 18.6 Å². The summed E-state index contributed by atoms with van der Waals surface area (Å²) in [5, 5.41) is 7.84. The first-order valence-corrected chi connectivity index (χ1v) is 9.36. The summed E-state index contributed by atoms with van der Waals surface area (Å²) in [5.74, 6) is 0.156. The van der Waals surface area contributed by atoms with Gasteiger partial charge in [0.05, 0.1) is 11.4 Å². The van der Waals surface area contributed by atoms with Crippen LogP contribution in [0.3, 0.4) is 0 Å². The number of hydrogen-bond acceptors (Lipinski definition) is 4. The standard InChI is InChI=1S/C14H27N3O2S/c1-5-8-15-14(11-20(4,18)19)10-13-7-9-17(16-13)12(3)6-2/h7,9,12,14-15H,5-6,8,10-11H2,1-4H3. The second-order valence-electron chi connectivity index (χ2n) is 5.49. The highest BCUT2D eigenvalue weighted by Gasteiger charge is 2.17. The second-order valence-corrected chi connectivity index (χ2v) is 7.68. The van der Waals surface area contributed by atoms with Crippen LogP contribution in [0.15, 0.2) is 12.3 Å². The third-order valence-electron chi connectivity index (χ3n) is 3.35. The molecule has 0 spiro atoms. The third kappa shape index (κ3) is 6.05. The number of hydrogen-bond donors (Lipinski definition) is 1. The highest BCUT2D eigenvalue weighted by atomic mass is 32.2. The Hall–Kier alpha value is -0.880. The molecule has 2 unspecified atom stereocenters. The minimum atomic E-state index is -2.99. The predicted octanol–water partition coefficient (Wildman–Crippen LogP) is 1.81. The second kappa shape index (κ2) is 7.78. The van der Waals surface area contributed by atoms with Gasteiger partial charge in [-0.25, -0.2) is 8.42 Å². The molecule has 1 aromatic rings. The van der Waals surface area contributed by atoms with Gasteiger partial charge >= 0.3 is 0 Å². The molecule has 0 fully saturated rings. The fourth-order valence-electron chi connectivity index (χ4n) is 2.08. The Bertz CT molecular complexity index is 496. The molecule has 116 valence electrons. The van der Waals surface area contributed by atoms with E-state index in [1.54, 1.807) is 0 Å². The molecule has 0 amide bonds. The molecule has 2 atom stereocenters. The van der Waals surface area contributed by atoms with E-state index < -0.39 is 9.84 Å². The van der Waals surface area contributed by atoms with Crippen molar-refractivity contribution in [1.29, 1.82) is 0 Å². The van der Waals surface area contributed by atoms with Gasteiger partial charge in [-0.2, -0.15) is 5.10 Å². The van der Waals surface area contributed by atoms with Gasteiger partial charge in [-0.15, -0.1) is 0 Å². The van der Waals surface area contributed by atoms with Crippen molar-refractivity contribution in [2.45, 2.75) is 52.1 Å². The third-order valence-corrected chi connectivity index (χ3v) is 4.36. The number of nitrogens with one attached hydrogen (secondary N) is 1. The molecule has 1 heterocycles. The maximum absolute atomic E-state index is 11.5. The normalized spacial score (nSPS) is 15.2. The summed E-state index contributed by atoms with van der Waals surface area (Å²) in [5.41, 5.74) is 0.947. The number of rotatable bonds is 9. The van der Waals surface area contributed by atoms with Crippen LogP contribution in [0.2, 0.25) is 0 Å². The maximum Gasteiger partial charge on any atom is 0.148 e. The Labute approximate surface area is 122 Å². The lowest BCUT2D eigenvalue weighted by molar-refractivity contribution is 0.467. The largest absolute Gasteiger partial charge is 0.313 e. The average molecular weight is 301 g/mol. The zero-order valence-electron chi connectivity index (χ0n) is 13.0. The first-order valence-electron chi connectivity index (χ1n) is 7.30. The van der Waals surface area contributed by atoms with Crippen LogP contribution in [0.5, 0.6) is 0 Å². The van der Waals surface area contributed by atoms with Crippen LogP contribution in [0.4, 0.5) is 0 Å². The minimum absolute atomic E-state index is 0.0646. The summed E-state index contributed by atoms with van der Waals surface area (Å²) >= 11 is 0. The van der Waals surface area contributed by atoms with Crippen LogP contribution >= 0.6 is 0 Å². The molecule has 6 heteroatoms. The Morgan fingerprint density at radius 2 is 2.10 bits per heavy atom. The zero-order chi connectivity index (χ0) is 15.2. The molecule has 0 aliphatic heterocycles. The molecule has 5 nitrogen and oxygen atoms in total. The fraction of sp³-hybridized carbons (Fsp3) is 0.786. The Morgan fingerprint density at radius 1 is 1.40 bits per heavy atom. The summed E-state index contributed by atoms with van der Waals surface area (Å²) in [6.07, 6.45) is 5.92. The molecule has 20 heavy (non-hydrogen) atoms. The van der Waals surface area contributed by atoms with Crippen molar-refractivity contribution in [2.24, 2.45) is 0 Å². The van der Waals surface area contributed by atoms with E-state index in [2.05, 4.69) is 31.2 Å². The van der Waals surface area contributed by atoms with E-state index in [9.17, 15) is 8.42 Å². The molecule has 0 aliphatic rings. The summed E-state index contributed by atoms with van der Waals surface area (Å²) in [6.45, 7) is 7.15. The van der Waals surface area contributed by atoms with E-state index in [0.29, 0.717) is 12.5 Å². The van der Waals surface area contributed by atoms with Crippen LogP contribution in [0.25, 0.3) is 0 Å². The van der Waals surface area contributed by atoms with Crippen molar-refractivity contribution < 1.29 is 8.42 Å². The van der Waals surface area contributed by atoms with E-state index in [1.807, 2.05) is 16.9 Å². The van der Waals surface area contributed by atoms with E-state index in [4.69, 9.17) is 0 Å². The quantitative estimate of drug-likeness (QED) is 0.755. The number of nitrogens with zero attached hydrogens (tertiary/aromatic N) is 2. The summed E-state index contributed by atoms with van der Waals surface area (Å²) in [6, 6.07) is 2.29. The van der Waals surface area contributed by atoms with E-state index in [0.717, 1.165) is 25.1 Å². The van der Waals surface area contributed by atoms with E-state index in [1.165, 1.54) is 6.26 Å². The molecule has 0 radical (unpaired) electrons. The molecule has 1 rings (SSSR count). The van der Waals surface area contributed by atoms with Gasteiger partial charge in [0.1, 0.15) is 9.84 Å². The molecule has 0 saturated heterocycles. The average Bonchev–Trinajstić information content (AvgIpc) is 2.81. The summed E-state index contributed by atoms with van der Waals surface area (Å²) in [4.78, 5) is 0. The smallest absolute Gasteiger partial charge is 0.148 e. The van der Waals surface area contributed by atoms with E-state index >= 15 is 0 Å². The summed E-state index contributed by atoms with van der Waals surface area (Å²) in [7, 11) is -2.99. The Kier molecular flexibility index (Phi) is 6.68. The van der Waals surface area contributed by atoms with Crippen LogP contribution in [-0.4, -0.2) is 42.8 Å².